The fourth-order valence-electron chi connectivity index (χ4n) is 1.67. The number of amides is 1. The summed E-state index contributed by atoms with van der Waals surface area (Å²) in [6, 6.07) is 3.71. The minimum absolute atomic E-state index is 0.0893. The van der Waals surface area contributed by atoms with Gasteiger partial charge in [0.15, 0.2) is 0 Å². The summed E-state index contributed by atoms with van der Waals surface area (Å²) in [7, 11) is 0. The fourth-order valence-corrected chi connectivity index (χ4v) is 1.67. The van der Waals surface area contributed by atoms with Crippen LogP contribution in [-0.4, -0.2) is 27.5 Å². The number of carbonyl (C=O) groups excluding carboxylic acids is 1. The fraction of sp³-hybridized carbons (Fsp3) is 0.462. The zero-order chi connectivity index (χ0) is 13.6. The molecule has 18 heavy (non-hydrogen) atoms. The molecule has 5 heteroatoms. The quantitative estimate of drug-likeness (QED) is 0.799. The highest BCUT2D eigenvalue weighted by Crippen LogP contribution is 2.09. The Labute approximate surface area is 106 Å². The van der Waals surface area contributed by atoms with Crippen molar-refractivity contribution < 1.29 is 14.7 Å². The van der Waals surface area contributed by atoms with E-state index in [1.54, 1.807) is 26.2 Å². The van der Waals surface area contributed by atoms with E-state index in [-0.39, 0.29) is 12.3 Å². The number of aryl methyl sites for hydroxylation is 1. The minimum Gasteiger partial charge on any atom is -0.481 e. The molecule has 0 saturated carbocycles. The summed E-state index contributed by atoms with van der Waals surface area (Å²) < 4.78 is 0. The Morgan fingerprint density at radius 2 is 1.94 bits per heavy atom. The Bertz CT molecular complexity index is 416. The molecular formula is C13H18N2O3. The topological polar surface area (TPSA) is 79.3 Å². The van der Waals surface area contributed by atoms with E-state index >= 15 is 0 Å². The van der Waals surface area contributed by atoms with Gasteiger partial charge in [-0.2, -0.15) is 0 Å². The van der Waals surface area contributed by atoms with Crippen LogP contribution < -0.4 is 5.32 Å². The number of rotatable bonds is 6. The van der Waals surface area contributed by atoms with Crippen LogP contribution in [0.1, 0.15) is 32.3 Å². The van der Waals surface area contributed by atoms with Crippen LogP contribution >= 0.6 is 0 Å². The van der Waals surface area contributed by atoms with E-state index in [1.165, 1.54) is 0 Å². The van der Waals surface area contributed by atoms with Crippen molar-refractivity contribution in [2.45, 2.75) is 38.6 Å². The minimum atomic E-state index is -0.922. The van der Waals surface area contributed by atoms with E-state index in [0.717, 1.165) is 5.56 Å². The third-order valence-electron chi connectivity index (χ3n) is 2.46. The predicted molar refractivity (Wildman–Crippen MR) is 67.0 cm³/mol. The maximum atomic E-state index is 11.7. The van der Waals surface area contributed by atoms with Crippen LogP contribution in [0.5, 0.6) is 0 Å². The van der Waals surface area contributed by atoms with Gasteiger partial charge in [0.1, 0.15) is 0 Å². The first-order valence-electron chi connectivity index (χ1n) is 5.81. The molecular weight excluding hydrogens is 232 g/mol. The normalized spacial score (nSPS) is 11.0. The molecule has 5 nitrogen and oxygen atoms in total. The van der Waals surface area contributed by atoms with Gasteiger partial charge >= 0.3 is 5.97 Å². The number of nitrogens with zero attached hydrogens (tertiary/aromatic N) is 1. The molecule has 0 radical (unpaired) electrons. The molecule has 0 fully saturated rings. The van der Waals surface area contributed by atoms with Crippen LogP contribution in [0.25, 0.3) is 0 Å². The van der Waals surface area contributed by atoms with E-state index < -0.39 is 11.5 Å². The number of carbonyl (C=O) groups is 2. The molecule has 0 atom stereocenters. The molecule has 0 aliphatic rings. The first-order valence-corrected chi connectivity index (χ1v) is 5.81. The molecule has 1 amide bonds. The van der Waals surface area contributed by atoms with Crippen LogP contribution in [0.2, 0.25) is 0 Å². The molecule has 0 bridgehead atoms. The summed E-state index contributed by atoms with van der Waals surface area (Å²) in [6.45, 7) is 3.40. The van der Waals surface area contributed by atoms with Crippen molar-refractivity contribution in [1.82, 2.24) is 10.3 Å². The van der Waals surface area contributed by atoms with Crippen molar-refractivity contribution in [3.05, 3.63) is 30.1 Å². The van der Waals surface area contributed by atoms with Gasteiger partial charge in [-0.05, 0) is 38.0 Å². The van der Waals surface area contributed by atoms with Gasteiger partial charge in [0.05, 0.1) is 6.42 Å². The Morgan fingerprint density at radius 1 is 1.33 bits per heavy atom. The molecule has 1 aromatic rings. The van der Waals surface area contributed by atoms with E-state index in [9.17, 15) is 9.59 Å². The van der Waals surface area contributed by atoms with E-state index in [4.69, 9.17) is 5.11 Å². The third-order valence-corrected chi connectivity index (χ3v) is 2.46. The Balaban J connectivity index is 2.40. The molecule has 0 aromatic carbocycles. The maximum absolute atomic E-state index is 11.7. The smallest absolute Gasteiger partial charge is 0.305 e. The maximum Gasteiger partial charge on any atom is 0.305 e. The molecule has 0 unspecified atom stereocenters. The van der Waals surface area contributed by atoms with Crippen molar-refractivity contribution in [3.8, 4) is 0 Å². The van der Waals surface area contributed by atoms with Crippen LogP contribution in [0.4, 0.5) is 0 Å². The van der Waals surface area contributed by atoms with Crippen molar-refractivity contribution in [2.24, 2.45) is 0 Å². The third kappa shape index (κ3) is 5.43. The number of pyridine rings is 1. The molecule has 0 spiro atoms. The molecule has 98 valence electrons. The Morgan fingerprint density at radius 3 is 2.50 bits per heavy atom. The molecule has 2 N–H and O–H groups in total. The van der Waals surface area contributed by atoms with E-state index in [1.807, 2.05) is 12.1 Å². The van der Waals surface area contributed by atoms with Crippen molar-refractivity contribution >= 4 is 11.9 Å². The average molecular weight is 250 g/mol. The van der Waals surface area contributed by atoms with Gasteiger partial charge in [0, 0.05) is 24.4 Å². The molecule has 1 heterocycles. The largest absolute Gasteiger partial charge is 0.481 e. The number of aliphatic carboxylic acids is 1. The molecule has 1 rings (SSSR count). The summed E-state index contributed by atoms with van der Waals surface area (Å²) in [5.41, 5.74) is 0.317. The van der Waals surface area contributed by atoms with E-state index in [2.05, 4.69) is 10.3 Å². The molecule has 0 aliphatic carbocycles. The van der Waals surface area contributed by atoms with Crippen molar-refractivity contribution in [3.63, 3.8) is 0 Å². The lowest BCUT2D eigenvalue weighted by Gasteiger charge is -2.24. The Kier molecular flexibility index (Phi) is 4.83. The second-order valence-electron chi connectivity index (χ2n) is 4.86. The standard InChI is InChI=1S/C13H18N2O3/c1-13(2,9-12(17)18)15-11(16)4-3-10-5-7-14-8-6-10/h5-8H,3-4,9H2,1-2H3,(H,15,16)(H,17,18). The van der Waals surface area contributed by atoms with Crippen LogP contribution in [0.3, 0.4) is 0 Å². The number of aromatic nitrogens is 1. The van der Waals surface area contributed by atoms with Crippen molar-refractivity contribution in [1.29, 1.82) is 0 Å². The summed E-state index contributed by atoms with van der Waals surface area (Å²) in [5, 5.41) is 11.4. The van der Waals surface area contributed by atoms with Gasteiger partial charge in [0.25, 0.3) is 0 Å². The first kappa shape index (κ1) is 14.2. The first-order chi connectivity index (χ1) is 8.39. The van der Waals surface area contributed by atoms with E-state index in [0.29, 0.717) is 12.8 Å². The SMILES string of the molecule is CC(C)(CC(=O)O)NC(=O)CCc1ccncc1. The summed E-state index contributed by atoms with van der Waals surface area (Å²) in [6.07, 6.45) is 4.24. The van der Waals surface area contributed by atoms with Crippen LogP contribution in [0.15, 0.2) is 24.5 Å². The lowest BCUT2D eigenvalue weighted by atomic mass is 10.0. The van der Waals surface area contributed by atoms with Gasteiger partial charge in [-0.15, -0.1) is 0 Å². The van der Waals surface area contributed by atoms with Gasteiger partial charge in [-0.25, -0.2) is 0 Å². The number of carboxylic acid groups (broad SMARTS) is 1. The zero-order valence-electron chi connectivity index (χ0n) is 10.6. The highest BCUT2D eigenvalue weighted by molar-refractivity contribution is 5.78. The van der Waals surface area contributed by atoms with Crippen LogP contribution in [-0.2, 0) is 16.0 Å². The average Bonchev–Trinajstić information content (AvgIpc) is 2.25. The zero-order valence-corrected chi connectivity index (χ0v) is 10.6. The number of hydrogen-bond acceptors (Lipinski definition) is 3. The number of nitrogens with one attached hydrogen (secondary N) is 1. The van der Waals surface area contributed by atoms with Gasteiger partial charge < -0.3 is 10.4 Å². The highest BCUT2D eigenvalue weighted by Gasteiger charge is 2.23. The van der Waals surface area contributed by atoms with Crippen molar-refractivity contribution in [2.75, 3.05) is 0 Å². The summed E-state index contributed by atoms with van der Waals surface area (Å²) >= 11 is 0. The summed E-state index contributed by atoms with van der Waals surface area (Å²) in [4.78, 5) is 26.2. The second-order valence-corrected chi connectivity index (χ2v) is 4.86. The lowest BCUT2D eigenvalue weighted by Crippen LogP contribution is -2.45. The number of carboxylic acids is 1. The highest BCUT2D eigenvalue weighted by atomic mass is 16.4. The second kappa shape index (κ2) is 6.14. The van der Waals surface area contributed by atoms with Gasteiger partial charge in [0.2, 0.25) is 5.91 Å². The number of hydrogen-bond donors (Lipinski definition) is 2. The van der Waals surface area contributed by atoms with Crippen LogP contribution in [0, 0.1) is 0 Å². The predicted octanol–water partition coefficient (Wildman–Crippen LogP) is 1.38. The molecule has 0 aliphatic heterocycles. The van der Waals surface area contributed by atoms with Gasteiger partial charge in [-0.1, -0.05) is 0 Å². The molecule has 0 saturated heterocycles. The molecule has 1 aromatic heterocycles. The monoisotopic (exact) mass is 250 g/mol. The Hall–Kier alpha value is -1.91. The summed E-state index contributed by atoms with van der Waals surface area (Å²) in [5.74, 6) is -1.06. The lowest BCUT2D eigenvalue weighted by molar-refractivity contribution is -0.138. The van der Waals surface area contributed by atoms with Gasteiger partial charge in [-0.3, -0.25) is 14.6 Å².